The first-order valence-electron chi connectivity index (χ1n) is 4.55. The van der Waals surface area contributed by atoms with Crippen molar-refractivity contribution >= 4 is 19.7 Å². The summed E-state index contributed by atoms with van der Waals surface area (Å²) in [6.07, 6.45) is 1.40. The first-order chi connectivity index (χ1) is 7.50. The molecular formula is C10H9ClN2O2S. The number of hydrogen-bond acceptors (Lipinski definition) is 3. The molecule has 6 heteroatoms. The molecule has 1 heterocycles. The minimum atomic E-state index is -3.78. The Morgan fingerprint density at radius 1 is 1.25 bits per heavy atom. The fraction of sp³-hybridized carbons (Fsp3) is 0.100. The molecule has 0 saturated carbocycles. The van der Waals surface area contributed by atoms with Gasteiger partial charge < -0.3 is 0 Å². The summed E-state index contributed by atoms with van der Waals surface area (Å²) in [5.74, 6) is 0. The quantitative estimate of drug-likeness (QED) is 0.774. The zero-order chi connectivity index (χ0) is 11.8. The van der Waals surface area contributed by atoms with Crippen molar-refractivity contribution in [3.05, 3.63) is 42.1 Å². The van der Waals surface area contributed by atoms with E-state index in [-0.39, 0.29) is 5.03 Å². The van der Waals surface area contributed by atoms with E-state index < -0.39 is 9.05 Å². The van der Waals surface area contributed by atoms with Crippen LogP contribution in [0.5, 0.6) is 0 Å². The van der Waals surface area contributed by atoms with E-state index in [2.05, 4.69) is 5.10 Å². The van der Waals surface area contributed by atoms with Crippen LogP contribution in [0.15, 0.2) is 41.6 Å². The maximum atomic E-state index is 11.3. The van der Waals surface area contributed by atoms with E-state index in [9.17, 15) is 8.42 Å². The van der Waals surface area contributed by atoms with Crippen LogP contribution < -0.4 is 0 Å². The van der Waals surface area contributed by atoms with Gasteiger partial charge in [-0.25, -0.2) is 13.1 Å². The van der Waals surface area contributed by atoms with E-state index in [0.29, 0.717) is 5.69 Å². The van der Waals surface area contributed by atoms with Crippen molar-refractivity contribution in [2.75, 3.05) is 0 Å². The van der Waals surface area contributed by atoms with Gasteiger partial charge in [-0.05, 0) is 24.6 Å². The van der Waals surface area contributed by atoms with Gasteiger partial charge in [-0.2, -0.15) is 5.10 Å². The van der Waals surface area contributed by atoms with Crippen molar-refractivity contribution in [3.8, 4) is 5.69 Å². The third kappa shape index (κ3) is 1.96. The van der Waals surface area contributed by atoms with Crippen molar-refractivity contribution in [1.29, 1.82) is 0 Å². The van der Waals surface area contributed by atoms with Gasteiger partial charge in [0.2, 0.25) is 0 Å². The number of rotatable bonds is 2. The summed E-state index contributed by atoms with van der Waals surface area (Å²) in [4.78, 5) is 0. The van der Waals surface area contributed by atoms with E-state index in [4.69, 9.17) is 10.7 Å². The van der Waals surface area contributed by atoms with Crippen LogP contribution in [0, 0.1) is 6.92 Å². The average Bonchev–Trinajstić information content (AvgIpc) is 2.66. The third-order valence-corrected chi connectivity index (χ3v) is 3.48. The minimum absolute atomic E-state index is 0.0246. The molecule has 0 radical (unpaired) electrons. The number of hydrogen-bond donors (Lipinski definition) is 0. The van der Waals surface area contributed by atoms with E-state index in [1.807, 2.05) is 25.1 Å². The fourth-order valence-corrected chi connectivity index (χ4v) is 2.38. The van der Waals surface area contributed by atoms with Gasteiger partial charge >= 0.3 is 0 Å². The monoisotopic (exact) mass is 256 g/mol. The molecule has 4 nitrogen and oxygen atoms in total. The molecule has 16 heavy (non-hydrogen) atoms. The molecule has 0 spiro atoms. The number of benzene rings is 1. The van der Waals surface area contributed by atoms with Crippen LogP contribution in [-0.4, -0.2) is 18.2 Å². The number of halogens is 1. The summed E-state index contributed by atoms with van der Waals surface area (Å²) in [7, 11) is 1.54. The zero-order valence-corrected chi connectivity index (χ0v) is 10.0. The molecule has 2 rings (SSSR count). The van der Waals surface area contributed by atoms with Crippen molar-refractivity contribution < 1.29 is 8.42 Å². The molecule has 2 aromatic rings. The predicted octanol–water partition coefficient (Wildman–Crippen LogP) is 2.11. The Morgan fingerprint density at radius 2 is 1.94 bits per heavy atom. The van der Waals surface area contributed by atoms with Crippen LogP contribution in [0.4, 0.5) is 0 Å². The van der Waals surface area contributed by atoms with E-state index in [0.717, 1.165) is 5.56 Å². The highest BCUT2D eigenvalue weighted by Gasteiger charge is 2.17. The van der Waals surface area contributed by atoms with Gasteiger partial charge in [0.1, 0.15) is 0 Å². The number of aromatic nitrogens is 2. The van der Waals surface area contributed by atoms with E-state index >= 15 is 0 Å². The third-order valence-electron chi connectivity index (χ3n) is 2.20. The molecule has 0 aliphatic carbocycles. The highest BCUT2D eigenvalue weighted by atomic mass is 35.7. The van der Waals surface area contributed by atoms with Gasteiger partial charge in [0.15, 0.2) is 5.03 Å². The lowest BCUT2D eigenvalue weighted by molar-refractivity contribution is 0.599. The number of para-hydroxylation sites is 1. The molecule has 84 valence electrons. The Hall–Kier alpha value is -1.33. The molecule has 0 fully saturated rings. The lowest BCUT2D eigenvalue weighted by atomic mass is 10.2. The molecule has 0 saturated heterocycles. The van der Waals surface area contributed by atoms with Gasteiger partial charge in [0, 0.05) is 10.7 Å². The smallest absolute Gasteiger partial charge is 0.221 e. The molecule has 1 aromatic carbocycles. The Labute approximate surface area is 97.9 Å². The highest BCUT2D eigenvalue weighted by Crippen LogP contribution is 2.20. The lowest BCUT2D eigenvalue weighted by Gasteiger charge is -2.07. The van der Waals surface area contributed by atoms with Crippen LogP contribution in [0.1, 0.15) is 5.56 Å². The van der Waals surface area contributed by atoms with E-state index in [1.165, 1.54) is 16.9 Å². The maximum Gasteiger partial charge on any atom is 0.278 e. The van der Waals surface area contributed by atoms with Gasteiger partial charge in [0.05, 0.1) is 11.9 Å². The predicted molar refractivity (Wildman–Crippen MR) is 61.3 cm³/mol. The topological polar surface area (TPSA) is 52.0 Å². The Morgan fingerprint density at radius 3 is 2.56 bits per heavy atom. The summed E-state index contributed by atoms with van der Waals surface area (Å²) in [5, 5.41) is 3.94. The first-order valence-corrected chi connectivity index (χ1v) is 6.86. The SMILES string of the molecule is Cc1ccccc1-n1nccc1S(=O)(=O)Cl. The second-order valence-corrected chi connectivity index (χ2v) is 5.82. The lowest BCUT2D eigenvalue weighted by Crippen LogP contribution is -2.05. The normalized spacial score (nSPS) is 11.6. The standard InChI is InChI=1S/C10H9ClN2O2S/c1-8-4-2-3-5-9(8)13-10(6-7-12-13)16(11,14)15/h2-7H,1H3. The zero-order valence-electron chi connectivity index (χ0n) is 8.46. The fourth-order valence-electron chi connectivity index (χ4n) is 1.46. The molecule has 0 bridgehead atoms. The summed E-state index contributed by atoms with van der Waals surface area (Å²) in [6.45, 7) is 1.88. The molecule has 0 aliphatic rings. The van der Waals surface area contributed by atoms with E-state index in [1.54, 1.807) is 6.07 Å². The molecule has 1 aromatic heterocycles. The number of aryl methyl sites for hydroxylation is 1. The molecule has 0 aliphatic heterocycles. The average molecular weight is 257 g/mol. The first kappa shape index (κ1) is 11.2. The molecule has 0 atom stereocenters. The van der Waals surface area contributed by atoms with Gasteiger partial charge in [0.25, 0.3) is 9.05 Å². The van der Waals surface area contributed by atoms with Crippen molar-refractivity contribution in [2.45, 2.75) is 11.9 Å². The van der Waals surface area contributed by atoms with Gasteiger partial charge in [-0.15, -0.1) is 0 Å². The Balaban J connectivity index is 2.68. The van der Waals surface area contributed by atoms with Crippen LogP contribution >= 0.6 is 10.7 Å². The maximum absolute atomic E-state index is 11.3. The van der Waals surface area contributed by atoms with Gasteiger partial charge in [-0.1, -0.05) is 18.2 Å². The minimum Gasteiger partial charge on any atom is -0.221 e. The summed E-state index contributed by atoms with van der Waals surface area (Å²) >= 11 is 0. The van der Waals surface area contributed by atoms with Crippen molar-refractivity contribution in [2.24, 2.45) is 0 Å². The molecule has 0 N–H and O–H groups in total. The number of nitrogens with zero attached hydrogens (tertiary/aromatic N) is 2. The molecule has 0 amide bonds. The Kier molecular flexibility index (Phi) is 2.73. The molecular weight excluding hydrogens is 248 g/mol. The summed E-state index contributed by atoms with van der Waals surface area (Å²) < 4.78 is 23.9. The van der Waals surface area contributed by atoms with Crippen molar-refractivity contribution in [1.82, 2.24) is 9.78 Å². The second kappa shape index (κ2) is 3.92. The molecule has 0 unspecified atom stereocenters. The second-order valence-electron chi connectivity index (χ2n) is 3.31. The summed E-state index contributed by atoms with van der Waals surface area (Å²) in [6, 6.07) is 8.72. The van der Waals surface area contributed by atoms with Crippen LogP contribution in [0.2, 0.25) is 0 Å². The largest absolute Gasteiger partial charge is 0.278 e. The van der Waals surface area contributed by atoms with Crippen LogP contribution in [0.25, 0.3) is 5.69 Å². The highest BCUT2D eigenvalue weighted by molar-refractivity contribution is 8.13. The van der Waals surface area contributed by atoms with Crippen LogP contribution in [-0.2, 0) is 9.05 Å². The Bertz CT molecular complexity index is 619. The van der Waals surface area contributed by atoms with Crippen LogP contribution in [0.3, 0.4) is 0 Å². The van der Waals surface area contributed by atoms with Gasteiger partial charge in [-0.3, -0.25) is 0 Å². The van der Waals surface area contributed by atoms with Crippen molar-refractivity contribution in [3.63, 3.8) is 0 Å². The summed E-state index contributed by atoms with van der Waals surface area (Å²) in [5.41, 5.74) is 1.62.